The van der Waals surface area contributed by atoms with Gasteiger partial charge in [-0.1, -0.05) is 13.8 Å². The van der Waals surface area contributed by atoms with Crippen LogP contribution in [0.1, 0.15) is 26.7 Å². The van der Waals surface area contributed by atoms with Crippen LogP contribution >= 0.6 is 11.6 Å². The summed E-state index contributed by atoms with van der Waals surface area (Å²) >= 11 is 5.47. The third kappa shape index (κ3) is 7.04. The van der Waals surface area contributed by atoms with E-state index in [0.29, 0.717) is 19.8 Å². The van der Waals surface area contributed by atoms with Gasteiger partial charge in [-0.3, -0.25) is 4.79 Å². The normalized spacial score (nSPS) is 10.8. The molecule has 0 N–H and O–H groups in total. The van der Waals surface area contributed by atoms with E-state index in [1.54, 1.807) is 7.05 Å². The van der Waals surface area contributed by atoms with Crippen LogP contribution in [0.4, 0.5) is 0 Å². The summed E-state index contributed by atoms with van der Waals surface area (Å²) in [5.74, 6) is -0.128. The van der Waals surface area contributed by atoms with Crippen LogP contribution in [0, 0.1) is 0 Å². The second-order valence-electron chi connectivity index (χ2n) is 3.58. The van der Waals surface area contributed by atoms with Crippen molar-refractivity contribution < 1.29 is 14.3 Å². The minimum absolute atomic E-state index is 0.00915. The zero-order valence-electron chi connectivity index (χ0n) is 10.4. The number of rotatable bonds is 9. The lowest BCUT2D eigenvalue weighted by Gasteiger charge is -2.24. The molecule has 4 nitrogen and oxygen atoms in total. The molecule has 96 valence electrons. The predicted molar refractivity (Wildman–Crippen MR) is 64.6 cm³/mol. The van der Waals surface area contributed by atoms with Gasteiger partial charge in [-0.2, -0.15) is 0 Å². The molecule has 0 radical (unpaired) electrons. The van der Waals surface area contributed by atoms with Crippen molar-refractivity contribution >= 4 is 17.5 Å². The average molecular weight is 252 g/mol. The molecule has 0 aliphatic heterocycles. The minimum atomic E-state index is -0.350. The fraction of sp³-hybridized carbons (Fsp3) is 0.909. The van der Waals surface area contributed by atoms with Crippen molar-refractivity contribution in [2.24, 2.45) is 0 Å². The molecular formula is C11H22ClNO3. The van der Waals surface area contributed by atoms with E-state index in [2.05, 4.69) is 0 Å². The van der Waals surface area contributed by atoms with Gasteiger partial charge >= 0.3 is 0 Å². The summed E-state index contributed by atoms with van der Waals surface area (Å²) in [6.07, 6.45) is 1.51. The Labute approximate surface area is 103 Å². The van der Waals surface area contributed by atoms with Crippen LogP contribution in [-0.4, -0.2) is 49.8 Å². The highest BCUT2D eigenvalue weighted by atomic mass is 35.5. The van der Waals surface area contributed by atoms with Crippen LogP contribution in [0.15, 0.2) is 0 Å². The lowest BCUT2D eigenvalue weighted by Crippen LogP contribution is -2.38. The number of ether oxygens (including phenoxy) is 2. The quantitative estimate of drug-likeness (QED) is 0.464. The number of amides is 1. The molecule has 0 heterocycles. The van der Waals surface area contributed by atoms with Crippen LogP contribution in [0.3, 0.4) is 0 Å². The van der Waals surface area contributed by atoms with Crippen molar-refractivity contribution in [2.75, 3.05) is 32.7 Å². The molecule has 0 aliphatic rings. The van der Waals surface area contributed by atoms with Gasteiger partial charge in [0.2, 0.25) is 5.91 Å². The van der Waals surface area contributed by atoms with Gasteiger partial charge in [0, 0.05) is 20.3 Å². The maximum absolute atomic E-state index is 11.3. The minimum Gasteiger partial charge on any atom is -0.351 e. The molecule has 0 aromatic rings. The maximum atomic E-state index is 11.3. The van der Waals surface area contributed by atoms with Gasteiger partial charge in [-0.05, 0) is 12.8 Å². The topological polar surface area (TPSA) is 38.8 Å². The second kappa shape index (κ2) is 9.87. The van der Waals surface area contributed by atoms with E-state index in [4.69, 9.17) is 21.1 Å². The van der Waals surface area contributed by atoms with Crippen molar-refractivity contribution in [3.05, 3.63) is 0 Å². The van der Waals surface area contributed by atoms with E-state index >= 15 is 0 Å². The maximum Gasteiger partial charge on any atom is 0.237 e. The van der Waals surface area contributed by atoms with Gasteiger partial charge in [0.15, 0.2) is 6.29 Å². The first-order chi connectivity index (χ1) is 7.65. The Morgan fingerprint density at radius 3 is 2.12 bits per heavy atom. The van der Waals surface area contributed by atoms with E-state index in [-0.39, 0.29) is 18.1 Å². The van der Waals surface area contributed by atoms with E-state index in [1.165, 1.54) is 4.90 Å². The van der Waals surface area contributed by atoms with Crippen molar-refractivity contribution in [2.45, 2.75) is 33.0 Å². The highest BCUT2D eigenvalue weighted by Gasteiger charge is 2.15. The highest BCUT2D eigenvalue weighted by Crippen LogP contribution is 2.01. The first kappa shape index (κ1) is 15.7. The molecule has 0 rings (SSSR count). The van der Waals surface area contributed by atoms with Gasteiger partial charge in [-0.25, -0.2) is 0 Å². The number of carbonyl (C=O) groups excluding carboxylic acids is 1. The number of nitrogens with zero attached hydrogens (tertiary/aromatic N) is 1. The number of carbonyl (C=O) groups is 1. The van der Waals surface area contributed by atoms with E-state index < -0.39 is 0 Å². The summed E-state index contributed by atoms with van der Waals surface area (Å²) in [7, 11) is 1.70. The Morgan fingerprint density at radius 2 is 1.75 bits per heavy atom. The number of halogens is 1. The Hall–Kier alpha value is -0.320. The smallest absolute Gasteiger partial charge is 0.237 e. The second-order valence-corrected chi connectivity index (χ2v) is 3.85. The van der Waals surface area contributed by atoms with Crippen LogP contribution in [-0.2, 0) is 14.3 Å². The van der Waals surface area contributed by atoms with Crippen molar-refractivity contribution in [3.8, 4) is 0 Å². The van der Waals surface area contributed by atoms with E-state index in [0.717, 1.165) is 12.8 Å². The van der Waals surface area contributed by atoms with Gasteiger partial charge in [0.25, 0.3) is 0 Å². The standard InChI is InChI=1S/C11H22ClNO3/c1-4-6-15-11(16-7-5-2)9-13(3)10(14)8-12/h11H,4-9H2,1-3H3. The van der Waals surface area contributed by atoms with Crippen molar-refractivity contribution in [1.82, 2.24) is 4.90 Å². The first-order valence-corrected chi connectivity index (χ1v) is 6.22. The molecule has 0 aromatic carbocycles. The molecule has 0 saturated carbocycles. The van der Waals surface area contributed by atoms with Crippen LogP contribution in [0.25, 0.3) is 0 Å². The summed E-state index contributed by atoms with van der Waals surface area (Å²) in [5, 5.41) is 0. The summed E-state index contributed by atoms with van der Waals surface area (Å²) < 4.78 is 11.0. The molecule has 0 atom stereocenters. The zero-order chi connectivity index (χ0) is 12.4. The van der Waals surface area contributed by atoms with Crippen LogP contribution < -0.4 is 0 Å². The zero-order valence-corrected chi connectivity index (χ0v) is 11.1. The SMILES string of the molecule is CCCOC(CN(C)C(=O)CCl)OCCC. The molecule has 16 heavy (non-hydrogen) atoms. The fourth-order valence-corrected chi connectivity index (χ4v) is 1.28. The fourth-order valence-electron chi connectivity index (χ4n) is 1.08. The Balaban J connectivity index is 4.01. The van der Waals surface area contributed by atoms with Crippen LogP contribution in [0.5, 0.6) is 0 Å². The van der Waals surface area contributed by atoms with Gasteiger partial charge in [0.05, 0.1) is 6.54 Å². The summed E-state index contributed by atoms with van der Waals surface area (Å²) in [4.78, 5) is 12.8. The molecule has 1 amide bonds. The van der Waals surface area contributed by atoms with E-state index in [9.17, 15) is 4.79 Å². The number of hydrogen-bond acceptors (Lipinski definition) is 3. The summed E-state index contributed by atoms with van der Waals surface area (Å²) in [5.41, 5.74) is 0. The van der Waals surface area contributed by atoms with Crippen molar-refractivity contribution in [3.63, 3.8) is 0 Å². The molecule has 0 fully saturated rings. The number of alkyl halides is 1. The molecule has 0 unspecified atom stereocenters. The Morgan fingerprint density at radius 1 is 1.25 bits per heavy atom. The lowest BCUT2D eigenvalue weighted by atomic mass is 10.4. The number of likely N-dealkylation sites (N-methyl/N-ethyl adjacent to an activating group) is 1. The molecule has 0 bridgehead atoms. The van der Waals surface area contributed by atoms with Gasteiger partial charge in [0.1, 0.15) is 5.88 Å². The molecule has 0 spiro atoms. The van der Waals surface area contributed by atoms with Gasteiger partial charge in [-0.15, -0.1) is 11.6 Å². The molecule has 0 aliphatic carbocycles. The predicted octanol–water partition coefficient (Wildman–Crippen LogP) is 1.86. The Bertz CT molecular complexity index is 182. The third-order valence-electron chi connectivity index (χ3n) is 1.98. The monoisotopic (exact) mass is 251 g/mol. The van der Waals surface area contributed by atoms with Crippen LogP contribution in [0.2, 0.25) is 0 Å². The average Bonchev–Trinajstić information content (AvgIpc) is 2.31. The lowest BCUT2D eigenvalue weighted by molar-refractivity contribution is -0.159. The van der Waals surface area contributed by atoms with Gasteiger partial charge < -0.3 is 14.4 Å². The summed E-state index contributed by atoms with van der Waals surface area (Å²) in [6.45, 7) is 5.76. The Kier molecular flexibility index (Phi) is 9.68. The molecular weight excluding hydrogens is 230 g/mol. The van der Waals surface area contributed by atoms with Crippen molar-refractivity contribution in [1.29, 1.82) is 0 Å². The molecule has 0 saturated heterocycles. The van der Waals surface area contributed by atoms with E-state index in [1.807, 2.05) is 13.8 Å². The summed E-state index contributed by atoms with van der Waals surface area (Å²) in [6, 6.07) is 0. The number of hydrogen-bond donors (Lipinski definition) is 0. The molecule has 5 heteroatoms. The largest absolute Gasteiger partial charge is 0.351 e. The third-order valence-corrected chi connectivity index (χ3v) is 2.21. The first-order valence-electron chi connectivity index (χ1n) is 5.68. The molecule has 0 aromatic heterocycles. The highest BCUT2D eigenvalue weighted by molar-refractivity contribution is 6.27.